The number of hydrogen-bond donors (Lipinski definition) is 1. The van der Waals surface area contributed by atoms with Crippen LogP contribution in [0, 0.1) is 6.92 Å². The van der Waals surface area contributed by atoms with Crippen LogP contribution in [-0.4, -0.2) is 17.1 Å². The van der Waals surface area contributed by atoms with Gasteiger partial charge in [-0.05, 0) is 26.0 Å². The number of rotatable bonds is 4. The van der Waals surface area contributed by atoms with Crippen molar-refractivity contribution >= 4 is 16.6 Å². The molecule has 0 amide bonds. The molecular formula is C16H17N3O2. The van der Waals surface area contributed by atoms with Crippen molar-refractivity contribution in [2.75, 3.05) is 12.4 Å². The van der Waals surface area contributed by atoms with Gasteiger partial charge in [0, 0.05) is 17.0 Å². The lowest BCUT2D eigenvalue weighted by atomic mass is 10.1. The van der Waals surface area contributed by atoms with Crippen LogP contribution in [0.3, 0.4) is 0 Å². The minimum Gasteiger partial charge on any atom is -0.496 e. The molecule has 0 bridgehead atoms. The van der Waals surface area contributed by atoms with Gasteiger partial charge in [-0.15, -0.1) is 0 Å². The van der Waals surface area contributed by atoms with E-state index in [1.165, 1.54) is 0 Å². The fourth-order valence-electron chi connectivity index (χ4n) is 2.31. The average molecular weight is 283 g/mol. The largest absolute Gasteiger partial charge is 0.496 e. The predicted octanol–water partition coefficient (Wildman–Crippen LogP) is 3.71. The summed E-state index contributed by atoms with van der Waals surface area (Å²) in [6.07, 6.45) is 3.48. The van der Waals surface area contributed by atoms with E-state index in [0.29, 0.717) is 5.89 Å². The van der Waals surface area contributed by atoms with Crippen LogP contribution in [0.15, 0.2) is 41.1 Å². The second-order valence-corrected chi connectivity index (χ2v) is 4.89. The zero-order valence-electron chi connectivity index (χ0n) is 12.3. The highest BCUT2D eigenvalue weighted by atomic mass is 16.5. The van der Waals surface area contributed by atoms with Crippen molar-refractivity contribution in [3.63, 3.8) is 0 Å². The lowest BCUT2D eigenvalue weighted by molar-refractivity contribution is 0.420. The van der Waals surface area contributed by atoms with Crippen LogP contribution in [0.2, 0.25) is 0 Å². The number of fused-ring (bicyclic) bond motifs is 1. The van der Waals surface area contributed by atoms with Gasteiger partial charge in [-0.2, -0.15) is 0 Å². The van der Waals surface area contributed by atoms with Crippen LogP contribution in [0.1, 0.15) is 24.6 Å². The number of pyridine rings is 1. The average Bonchev–Trinajstić information content (AvgIpc) is 2.93. The summed E-state index contributed by atoms with van der Waals surface area (Å²) in [5.74, 6) is 3.06. The highest BCUT2D eigenvalue weighted by molar-refractivity contribution is 5.95. The third kappa shape index (κ3) is 2.54. The number of aromatic nitrogens is 2. The maximum atomic E-state index is 5.55. The number of aryl methyl sites for hydroxylation is 1. The number of nitrogens with zero attached hydrogens (tertiary/aromatic N) is 2. The van der Waals surface area contributed by atoms with Gasteiger partial charge < -0.3 is 14.5 Å². The van der Waals surface area contributed by atoms with Gasteiger partial charge in [0.2, 0.25) is 5.89 Å². The number of ether oxygens (including phenoxy) is 1. The Labute approximate surface area is 123 Å². The minimum atomic E-state index is -0.0667. The van der Waals surface area contributed by atoms with Gasteiger partial charge in [0.1, 0.15) is 23.4 Å². The molecule has 0 aliphatic heterocycles. The van der Waals surface area contributed by atoms with Gasteiger partial charge in [-0.3, -0.25) is 0 Å². The van der Waals surface area contributed by atoms with Crippen LogP contribution in [0.5, 0.6) is 5.75 Å². The molecule has 0 saturated carbocycles. The molecule has 0 spiro atoms. The Kier molecular flexibility index (Phi) is 3.48. The third-order valence-corrected chi connectivity index (χ3v) is 3.35. The summed E-state index contributed by atoms with van der Waals surface area (Å²) in [5.41, 5.74) is 0. The van der Waals surface area contributed by atoms with E-state index in [-0.39, 0.29) is 6.04 Å². The number of benzene rings is 1. The van der Waals surface area contributed by atoms with Crippen LogP contribution in [0.25, 0.3) is 10.8 Å². The van der Waals surface area contributed by atoms with E-state index in [0.717, 1.165) is 28.1 Å². The van der Waals surface area contributed by atoms with E-state index in [1.807, 2.05) is 38.1 Å². The highest BCUT2D eigenvalue weighted by Crippen LogP contribution is 2.30. The van der Waals surface area contributed by atoms with Gasteiger partial charge in [-0.1, -0.05) is 12.1 Å². The summed E-state index contributed by atoms with van der Waals surface area (Å²) >= 11 is 0. The molecule has 0 aliphatic rings. The summed E-state index contributed by atoms with van der Waals surface area (Å²) in [5, 5.41) is 5.37. The summed E-state index contributed by atoms with van der Waals surface area (Å²) in [4.78, 5) is 8.66. The van der Waals surface area contributed by atoms with E-state index in [1.54, 1.807) is 19.5 Å². The zero-order valence-corrected chi connectivity index (χ0v) is 12.3. The van der Waals surface area contributed by atoms with Crippen molar-refractivity contribution < 1.29 is 9.15 Å². The number of nitrogens with one attached hydrogen (secondary N) is 1. The molecule has 2 heterocycles. The Balaban J connectivity index is 1.97. The summed E-state index contributed by atoms with van der Waals surface area (Å²) in [6.45, 7) is 3.87. The Morgan fingerprint density at radius 1 is 1.19 bits per heavy atom. The number of hydrogen-bond acceptors (Lipinski definition) is 5. The molecule has 5 heteroatoms. The van der Waals surface area contributed by atoms with Crippen molar-refractivity contribution in [3.8, 4) is 5.75 Å². The number of methoxy groups -OCH3 is 1. The molecule has 3 aromatic rings. The second-order valence-electron chi connectivity index (χ2n) is 4.89. The fourth-order valence-corrected chi connectivity index (χ4v) is 2.31. The summed E-state index contributed by atoms with van der Waals surface area (Å²) < 4.78 is 10.9. The van der Waals surface area contributed by atoms with Gasteiger partial charge in [0.25, 0.3) is 0 Å². The minimum absolute atomic E-state index is 0.0667. The normalized spacial score (nSPS) is 12.3. The first-order valence-electron chi connectivity index (χ1n) is 6.79. The van der Waals surface area contributed by atoms with Crippen molar-refractivity contribution in [1.82, 2.24) is 9.97 Å². The number of anilines is 1. The molecule has 3 rings (SSSR count). The van der Waals surface area contributed by atoms with Crippen LogP contribution in [0.4, 0.5) is 5.82 Å². The smallest absolute Gasteiger partial charge is 0.216 e. The maximum Gasteiger partial charge on any atom is 0.216 e. The molecular weight excluding hydrogens is 266 g/mol. The molecule has 108 valence electrons. The molecule has 0 saturated heterocycles. The molecule has 0 aliphatic carbocycles. The molecule has 1 unspecified atom stereocenters. The predicted molar refractivity (Wildman–Crippen MR) is 81.6 cm³/mol. The van der Waals surface area contributed by atoms with Crippen LogP contribution >= 0.6 is 0 Å². The van der Waals surface area contributed by atoms with Crippen molar-refractivity contribution in [3.05, 3.63) is 48.3 Å². The Bertz CT molecular complexity index is 767. The highest BCUT2D eigenvalue weighted by Gasteiger charge is 2.14. The maximum absolute atomic E-state index is 5.55. The van der Waals surface area contributed by atoms with E-state index in [9.17, 15) is 0 Å². The molecule has 5 nitrogen and oxygen atoms in total. The lowest BCUT2D eigenvalue weighted by Crippen LogP contribution is -2.08. The third-order valence-electron chi connectivity index (χ3n) is 3.35. The van der Waals surface area contributed by atoms with Crippen molar-refractivity contribution in [1.29, 1.82) is 0 Å². The molecule has 21 heavy (non-hydrogen) atoms. The topological polar surface area (TPSA) is 60.2 Å². The van der Waals surface area contributed by atoms with Crippen LogP contribution < -0.4 is 10.1 Å². The quantitative estimate of drug-likeness (QED) is 0.791. The first-order chi connectivity index (χ1) is 10.2. The molecule has 0 radical (unpaired) electrons. The Morgan fingerprint density at radius 2 is 2.05 bits per heavy atom. The SMILES string of the molecule is COc1cccc2c(NC(C)c3ncc(C)o3)nccc12. The van der Waals surface area contributed by atoms with E-state index >= 15 is 0 Å². The molecule has 1 N–H and O–H groups in total. The van der Waals surface area contributed by atoms with E-state index < -0.39 is 0 Å². The fraction of sp³-hybridized carbons (Fsp3) is 0.250. The van der Waals surface area contributed by atoms with Crippen molar-refractivity contribution in [2.45, 2.75) is 19.9 Å². The monoisotopic (exact) mass is 283 g/mol. The first kappa shape index (κ1) is 13.4. The van der Waals surface area contributed by atoms with E-state index in [4.69, 9.17) is 9.15 Å². The van der Waals surface area contributed by atoms with Crippen LogP contribution in [-0.2, 0) is 0 Å². The summed E-state index contributed by atoms with van der Waals surface area (Å²) in [6, 6.07) is 7.78. The molecule has 0 fully saturated rings. The molecule has 2 aromatic heterocycles. The second kappa shape index (κ2) is 5.44. The number of oxazole rings is 1. The summed E-state index contributed by atoms with van der Waals surface area (Å²) in [7, 11) is 1.67. The van der Waals surface area contributed by atoms with Gasteiger partial charge in [-0.25, -0.2) is 9.97 Å². The lowest BCUT2D eigenvalue weighted by Gasteiger charge is -2.14. The first-order valence-corrected chi connectivity index (χ1v) is 6.79. The molecule has 1 atom stereocenters. The zero-order chi connectivity index (χ0) is 14.8. The van der Waals surface area contributed by atoms with Gasteiger partial charge in [0.05, 0.1) is 13.3 Å². The van der Waals surface area contributed by atoms with Gasteiger partial charge in [0.15, 0.2) is 0 Å². The van der Waals surface area contributed by atoms with Gasteiger partial charge >= 0.3 is 0 Å². The molecule has 1 aromatic carbocycles. The standard InChI is InChI=1S/C16H17N3O2/c1-10-9-18-16(21-10)11(2)19-15-13-5-4-6-14(20-3)12(13)7-8-17-15/h4-9,11H,1-3H3,(H,17,19). The Hall–Kier alpha value is -2.56. The van der Waals surface area contributed by atoms with Crippen molar-refractivity contribution in [2.24, 2.45) is 0 Å². The Morgan fingerprint density at radius 3 is 2.76 bits per heavy atom. The van der Waals surface area contributed by atoms with E-state index in [2.05, 4.69) is 15.3 Å².